The molecule has 0 atom stereocenters. The lowest BCUT2D eigenvalue weighted by molar-refractivity contribution is 0.445. The largest absolute Gasteiger partial charge is 0.317 e. The van der Waals surface area contributed by atoms with Crippen LogP contribution in [0.4, 0.5) is 0 Å². The molecule has 1 aliphatic heterocycles. The van der Waals surface area contributed by atoms with E-state index in [1.165, 1.54) is 5.56 Å². The average Bonchev–Trinajstić information content (AvgIpc) is 2.73. The molecule has 0 spiro atoms. The van der Waals surface area contributed by atoms with Crippen LogP contribution in [0.1, 0.15) is 30.1 Å². The summed E-state index contributed by atoms with van der Waals surface area (Å²) in [6.07, 6.45) is 4.33. The number of piperidine rings is 1. The van der Waals surface area contributed by atoms with Crippen molar-refractivity contribution in [3.05, 3.63) is 29.7 Å². The Morgan fingerprint density at radius 3 is 2.94 bits per heavy atom. The Hall–Kier alpha value is -1.42. The van der Waals surface area contributed by atoms with Crippen LogP contribution in [0.25, 0.3) is 5.65 Å². The topological polar surface area (TPSA) is 42.2 Å². The molecule has 1 N–H and O–H groups in total. The molecule has 1 fully saturated rings. The maximum Gasteiger partial charge on any atom is 0.155 e. The summed E-state index contributed by atoms with van der Waals surface area (Å²) in [5.41, 5.74) is 2.17. The van der Waals surface area contributed by atoms with Gasteiger partial charge < -0.3 is 5.32 Å². The van der Waals surface area contributed by atoms with E-state index >= 15 is 0 Å². The van der Waals surface area contributed by atoms with Crippen LogP contribution in [0.5, 0.6) is 0 Å². The van der Waals surface area contributed by atoms with E-state index in [2.05, 4.69) is 28.4 Å². The first-order chi connectivity index (χ1) is 7.83. The molecule has 2 aromatic heterocycles. The Morgan fingerprint density at radius 1 is 1.31 bits per heavy atom. The monoisotopic (exact) mass is 216 g/mol. The predicted octanol–water partition coefficient (Wildman–Crippen LogP) is 1.50. The highest BCUT2D eigenvalue weighted by atomic mass is 15.3. The smallest absolute Gasteiger partial charge is 0.155 e. The fraction of sp³-hybridized carbons (Fsp3) is 0.500. The normalized spacial score (nSPS) is 18.1. The summed E-state index contributed by atoms with van der Waals surface area (Å²) in [5.74, 6) is 1.54. The van der Waals surface area contributed by atoms with Crippen molar-refractivity contribution in [2.45, 2.75) is 25.7 Å². The molecule has 1 saturated heterocycles. The molecular weight excluding hydrogens is 200 g/mol. The van der Waals surface area contributed by atoms with Gasteiger partial charge in [-0.3, -0.25) is 0 Å². The fourth-order valence-electron chi connectivity index (χ4n) is 2.26. The summed E-state index contributed by atoms with van der Waals surface area (Å²) >= 11 is 0. The molecule has 0 radical (unpaired) electrons. The lowest BCUT2D eigenvalue weighted by atomic mass is 9.98. The Balaban J connectivity index is 1.97. The summed E-state index contributed by atoms with van der Waals surface area (Å²) in [5, 5.41) is 7.94. The standard InChI is InChI=1S/C12H16N4/c1-9-2-3-11-14-12(15-16(11)8-9)10-4-6-13-7-5-10/h2-3,8,10,13H,4-7H2,1H3. The Kier molecular flexibility index (Phi) is 2.36. The quantitative estimate of drug-likeness (QED) is 0.785. The molecule has 3 rings (SSSR count). The van der Waals surface area contributed by atoms with Crippen LogP contribution in [0.3, 0.4) is 0 Å². The summed E-state index contributed by atoms with van der Waals surface area (Å²) < 4.78 is 1.90. The van der Waals surface area contributed by atoms with Gasteiger partial charge in [0.05, 0.1) is 0 Å². The Bertz CT molecular complexity index is 497. The summed E-state index contributed by atoms with van der Waals surface area (Å²) in [6, 6.07) is 4.11. The highest BCUT2D eigenvalue weighted by Crippen LogP contribution is 2.22. The molecule has 0 bridgehead atoms. The van der Waals surface area contributed by atoms with Gasteiger partial charge in [-0.05, 0) is 44.5 Å². The number of rotatable bonds is 1. The molecule has 0 aromatic carbocycles. The van der Waals surface area contributed by atoms with E-state index in [-0.39, 0.29) is 0 Å². The van der Waals surface area contributed by atoms with Crippen LogP contribution < -0.4 is 5.32 Å². The molecular formula is C12H16N4. The lowest BCUT2D eigenvalue weighted by Crippen LogP contribution is -2.27. The zero-order valence-electron chi connectivity index (χ0n) is 9.48. The van der Waals surface area contributed by atoms with Crippen LogP contribution in [0.15, 0.2) is 18.3 Å². The van der Waals surface area contributed by atoms with Gasteiger partial charge in [0.2, 0.25) is 0 Å². The van der Waals surface area contributed by atoms with E-state index in [0.29, 0.717) is 5.92 Å². The molecule has 3 heterocycles. The van der Waals surface area contributed by atoms with Gasteiger partial charge in [-0.2, -0.15) is 5.10 Å². The number of nitrogens with zero attached hydrogens (tertiary/aromatic N) is 3. The van der Waals surface area contributed by atoms with Gasteiger partial charge in [-0.25, -0.2) is 9.50 Å². The van der Waals surface area contributed by atoms with Crippen LogP contribution in [0.2, 0.25) is 0 Å². The molecule has 84 valence electrons. The molecule has 0 amide bonds. The number of hydrogen-bond acceptors (Lipinski definition) is 3. The minimum Gasteiger partial charge on any atom is -0.317 e. The zero-order valence-corrected chi connectivity index (χ0v) is 9.48. The number of hydrogen-bond donors (Lipinski definition) is 1. The third-order valence-electron chi connectivity index (χ3n) is 3.20. The van der Waals surface area contributed by atoms with E-state index in [0.717, 1.165) is 37.4 Å². The van der Waals surface area contributed by atoms with Crippen molar-refractivity contribution in [2.75, 3.05) is 13.1 Å². The molecule has 4 nitrogen and oxygen atoms in total. The van der Waals surface area contributed by atoms with Crippen LogP contribution >= 0.6 is 0 Å². The molecule has 16 heavy (non-hydrogen) atoms. The first-order valence-electron chi connectivity index (χ1n) is 5.86. The van der Waals surface area contributed by atoms with Crippen LogP contribution in [-0.4, -0.2) is 27.7 Å². The van der Waals surface area contributed by atoms with Crippen molar-refractivity contribution >= 4 is 5.65 Å². The summed E-state index contributed by atoms with van der Waals surface area (Å²) in [4.78, 5) is 4.60. The minimum absolute atomic E-state index is 0.529. The Labute approximate surface area is 94.7 Å². The zero-order chi connectivity index (χ0) is 11.0. The van der Waals surface area contributed by atoms with Crippen molar-refractivity contribution in [2.24, 2.45) is 0 Å². The number of fused-ring (bicyclic) bond motifs is 1. The number of nitrogens with one attached hydrogen (secondary N) is 1. The van der Waals surface area contributed by atoms with Crippen molar-refractivity contribution in [1.82, 2.24) is 19.9 Å². The third kappa shape index (κ3) is 1.69. The molecule has 4 heteroatoms. The SMILES string of the molecule is Cc1ccc2nc(C3CCNCC3)nn2c1. The third-order valence-corrected chi connectivity index (χ3v) is 3.20. The summed E-state index contributed by atoms with van der Waals surface area (Å²) in [6.45, 7) is 4.24. The highest BCUT2D eigenvalue weighted by Gasteiger charge is 2.19. The first-order valence-corrected chi connectivity index (χ1v) is 5.86. The van der Waals surface area contributed by atoms with Gasteiger partial charge in [-0.15, -0.1) is 0 Å². The number of pyridine rings is 1. The first kappa shape index (κ1) is 9.78. The maximum absolute atomic E-state index is 4.60. The van der Waals surface area contributed by atoms with Crippen molar-refractivity contribution in [1.29, 1.82) is 0 Å². The van der Waals surface area contributed by atoms with Gasteiger partial charge in [0, 0.05) is 12.1 Å². The van der Waals surface area contributed by atoms with E-state index < -0.39 is 0 Å². The Morgan fingerprint density at radius 2 is 2.12 bits per heavy atom. The minimum atomic E-state index is 0.529. The van der Waals surface area contributed by atoms with Crippen molar-refractivity contribution < 1.29 is 0 Å². The van der Waals surface area contributed by atoms with E-state index in [9.17, 15) is 0 Å². The second-order valence-electron chi connectivity index (χ2n) is 4.50. The van der Waals surface area contributed by atoms with Gasteiger partial charge in [0.15, 0.2) is 11.5 Å². The maximum atomic E-state index is 4.60. The van der Waals surface area contributed by atoms with E-state index in [1.807, 2.05) is 16.8 Å². The molecule has 1 aliphatic rings. The molecule has 0 saturated carbocycles. The second kappa shape index (κ2) is 3.87. The summed E-state index contributed by atoms with van der Waals surface area (Å²) in [7, 11) is 0. The number of aryl methyl sites for hydroxylation is 1. The van der Waals surface area contributed by atoms with Crippen LogP contribution in [0, 0.1) is 6.92 Å². The molecule has 0 aliphatic carbocycles. The van der Waals surface area contributed by atoms with Crippen molar-refractivity contribution in [3.63, 3.8) is 0 Å². The second-order valence-corrected chi connectivity index (χ2v) is 4.50. The number of aromatic nitrogens is 3. The van der Waals surface area contributed by atoms with Crippen molar-refractivity contribution in [3.8, 4) is 0 Å². The van der Waals surface area contributed by atoms with Gasteiger partial charge in [0.25, 0.3) is 0 Å². The highest BCUT2D eigenvalue weighted by molar-refractivity contribution is 5.38. The molecule has 2 aromatic rings. The fourth-order valence-corrected chi connectivity index (χ4v) is 2.26. The average molecular weight is 216 g/mol. The van der Waals surface area contributed by atoms with E-state index in [4.69, 9.17) is 0 Å². The van der Waals surface area contributed by atoms with Gasteiger partial charge in [0.1, 0.15) is 0 Å². The van der Waals surface area contributed by atoms with Crippen LogP contribution in [-0.2, 0) is 0 Å². The lowest BCUT2D eigenvalue weighted by Gasteiger charge is -2.19. The predicted molar refractivity (Wildman–Crippen MR) is 62.6 cm³/mol. The molecule has 0 unspecified atom stereocenters. The van der Waals surface area contributed by atoms with Gasteiger partial charge >= 0.3 is 0 Å². The van der Waals surface area contributed by atoms with Gasteiger partial charge in [-0.1, -0.05) is 6.07 Å². The van der Waals surface area contributed by atoms with E-state index in [1.54, 1.807) is 0 Å².